The third-order valence-corrected chi connectivity index (χ3v) is 4.30. The number of nitroso groups, excluding NO2 is 1. The molecule has 0 saturated heterocycles. The van der Waals surface area contributed by atoms with Gasteiger partial charge in [0.05, 0.1) is 26.1 Å². The van der Waals surface area contributed by atoms with E-state index in [2.05, 4.69) is 5.29 Å². The maximum absolute atomic E-state index is 11.7. The van der Waals surface area contributed by atoms with Crippen molar-refractivity contribution in [3.8, 4) is 11.5 Å². The number of hydrogen-bond donors (Lipinski definition) is 1. The summed E-state index contributed by atoms with van der Waals surface area (Å²) in [5.41, 5.74) is 2.93. The highest BCUT2D eigenvalue weighted by Crippen LogP contribution is 2.26. The third-order valence-electron chi connectivity index (χ3n) is 3.30. The minimum atomic E-state index is -0.468. The van der Waals surface area contributed by atoms with Crippen LogP contribution in [0.1, 0.15) is 5.56 Å². The molecule has 0 saturated carbocycles. The molecule has 25 heavy (non-hydrogen) atoms. The van der Waals surface area contributed by atoms with Crippen molar-refractivity contribution in [2.75, 3.05) is 20.8 Å². The number of carbonyl (C=O) groups excluding carboxylic acids is 1. The van der Waals surface area contributed by atoms with E-state index >= 15 is 0 Å². The van der Waals surface area contributed by atoms with Gasteiger partial charge in [0, 0.05) is 11.4 Å². The van der Waals surface area contributed by atoms with Crippen LogP contribution in [0.3, 0.4) is 0 Å². The first-order valence-electron chi connectivity index (χ1n) is 7.45. The number of nitrogens with one attached hydrogen (secondary N) is 1. The van der Waals surface area contributed by atoms with Crippen LogP contribution in [-0.2, 0) is 11.3 Å². The minimum absolute atomic E-state index is 0.0223. The second kappa shape index (κ2) is 9.65. The van der Waals surface area contributed by atoms with Gasteiger partial charge in [0.15, 0.2) is 0 Å². The Morgan fingerprint density at radius 3 is 2.12 bits per heavy atom. The van der Waals surface area contributed by atoms with Crippen LogP contribution in [0, 0.1) is 4.91 Å². The molecule has 1 N–H and O–H groups in total. The first kappa shape index (κ1) is 18.8. The van der Waals surface area contributed by atoms with Crippen molar-refractivity contribution >= 4 is 17.9 Å². The zero-order valence-electron chi connectivity index (χ0n) is 14.0. The van der Waals surface area contributed by atoms with Gasteiger partial charge in [-0.3, -0.25) is 4.79 Å². The Hall–Kier alpha value is -2.58. The van der Waals surface area contributed by atoms with Crippen LogP contribution in [0.5, 0.6) is 11.5 Å². The van der Waals surface area contributed by atoms with E-state index in [1.54, 1.807) is 14.2 Å². The molecule has 0 aliphatic rings. The summed E-state index contributed by atoms with van der Waals surface area (Å²) in [6.45, 7) is 0.529. The normalized spacial score (nSPS) is 10.4. The molecule has 1 amide bonds. The van der Waals surface area contributed by atoms with Gasteiger partial charge in [-0.05, 0) is 53.9 Å². The molecule has 0 aliphatic heterocycles. The Morgan fingerprint density at radius 2 is 1.60 bits per heavy atom. The molecule has 2 aromatic carbocycles. The number of ether oxygens (including phenoxy) is 2. The fourth-order valence-corrected chi connectivity index (χ4v) is 3.04. The van der Waals surface area contributed by atoms with E-state index in [0.29, 0.717) is 6.54 Å². The molecule has 2 aromatic rings. The zero-order valence-corrected chi connectivity index (χ0v) is 14.8. The second-order valence-corrected chi connectivity index (χ2v) is 6.21. The number of carbonyl (C=O) groups is 1. The lowest BCUT2D eigenvalue weighted by molar-refractivity contribution is -0.121. The molecule has 0 radical (unpaired) electrons. The highest BCUT2D eigenvalue weighted by molar-refractivity contribution is 7.97. The van der Waals surface area contributed by atoms with Crippen LogP contribution in [-0.4, -0.2) is 31.0 Å². The van der Waals surface area contributed by atoms with Gasteiger partial charge in [-0.25, -0.2) is 9.73 Å². The summed E-state index contributed by atoms with van der Waals surface area (Å²) in [5.74, 6) is 1.06. The fraction of sp³-hybridized carbons (Fsp3) is 0.235. The molecule has 0 atom stereocenters. The Bertz CT molecular complexity index is 643. The Kier molecular flexibility index (Phi) is 7.24. The molecule has 0 aromatic heterocycles. The number of benzene rings is 2. The molecule has 0 heterocycles. The third kappa shape index (κ3) is 6.09. The highest BCUT2D eigenvalue weighted by Gasteiger charge is 2.14. The van der Waals surface area contributed by atoms with Crippen LogP contribution in [0.2, 0.25) is 0 Å². The topological polar surface area (TPSA) is 80.2 Å². The summed E-state index contributed by atoms with van der Waals surface area (Å²) < 4.78 is 12.1. The van der Waals surface area contributed by atoms with Gasteiger partial charge in [0.1, 0.15) is 11.5 Å². The summed E-state index contributed by atoms with van der Waals surface area (Å²) in [5, 5.41) is 2.43. The van der Waals surface area contributed by atoms with Gasteiger partial charge < -0.3 is 9.47 Å². The average molecular weight is 361 g/mol. The SMILES string of the molecule is COc1ccc(CN(CC(=O)NN=O)Sc2ccc(OC)cc2)cc1. The summed E-state index contributed by atoms with van der Waals surface area (Å²) in [4.78, 5) is 22.9. The molecule has 0 bridgehead atoms. The Labute approximate surface area is 150 Å². The monoisotopic (exact) mass is 361 g/mol. The van der Waals surface area contributed by atoms with Gasteiger partial charge in [0.2, 0.25) is 0 Å². The van der Waals surface area contributed by atoms with Crippen LogP contribution in [0.4, 0.5) is 0 Å². The maximum atomic E-state index is 11.7. The van der Waals surface area contributed by atoms with E-state index in [9.17, 15) is 9.70 Å². The quantitative estimate of drug-likeness (QED) is 0.420. The van der Waals surface area contributed by atoms with Gasteiger partial charge in [-0.2, -0.15) is 0 Å². The fourth-order valence-electron chi connectivity index (χ4n) is 2.09. The summed E-state index contributed by atoms with van der Waals surface area (Å²) >= 11 is 1.41. The second-order valence-electron chi connectivity index (χ2n) is 5.04. The van der Waals surface area contributed by atoms with Crippen molar-refractivity contribution in [1.82, 2.24) is 9.73 Å². The number of nitrogens with zero attached hydrogens (tertiary/aromatic N) is 2. The molecule has 132 valence electrons. The molecule has 8 heteroatoms. The van der Waals surface area contributed by atoms with Gasteiger partial charge in [0.25, 0.3) is 5.91 Å². The van der Waals surface area contributed by atoms with Crippen LogP contribution >= 0.6 is 11.9 Å². The van der Waals surface area contributed by atoms with E-state index in [-0.39, 0.29) is 6.54 Å². The first-order valence-corrected chi connectivity index (χ1v) is 8.23. The molecule has 0 spiro atoms. The van der Waals surface area contributed by atoms with E-state index in [4.69, 9.17) is 9.47 Å². The van der Waals surface area contributed by atoms with Crippen molar-refractivity contribution in [3.63, 3.8) is 0 Å². The lowest BCUT2D eigenvalue weighted by Gasteiger charge is -2.20. The van der Waals surface area contributed by atoms with Crippen molar-refractivity contribution < 1.29 is 14.3 Å². The van der Waals surface area contributed by atoms with E-state index in [1.807, 2.05) is 58.3 Å². The summed E-state index contributed by atoms with van der Waals surface area (Å²) in [6, 6.07) is 15.1. The van der Waals surface area contributed by atoms with Gasteiger partial charge in [-0.1, -0.05) is 12.1 Å². The molecule has 7 nitrogen and oxygen atoms in total. The zero-order chi connectivity index (χ0) is 18.1. The highest BCUT2D eigenvalue weighted by atomic mass is 32.2. The summed E-state index contributed by atoms with van der Waals surface area (Å²) in [7, 11) is 3.21. The van der Waals surface area contributed by atoms with Gasteiger partial charge >= 0.3 is 0 Å². The molecule has 0 fully saturated rings. The molecular weight excluding hydrogens is 342 g/mol. The standard InChI is InChI=1S/C17H19N3O4S/c1-23-14-5-3-13(4-6-14)11-20(12-17(21)18-19-22)25-16-9-7-15(24-2)8-10-16/h3-10H,11-12H2,1-2H3,(H,18,21,22). The van der Waals surface area contributed by atoms with Gasteiger partial charge in [-0.15, -0.1) is 4.91 Å². The van der Waals surface area contributed by atoms with Crippen molar-refractivity contribution in [2.24, 2.45) is 5.29 Å². The number of rotatable bonds is 9. The predicted octanol–water partition coefficient (Wildman–Crippen LogP) is 3.01. The molecule has 0 aliphatic carbocycles. The number of amides is 1. The molecule has 0 unspecified atom stereocenters. The van der Waals surface area contributed by atoms with E-state index in [0.717, 1.165) is 22.0 Å². The Morgan fingerprint density at radius 1 is 1.04 bits per heavy atom. The Balaban J connectivity index is 2.09. The lowest BCUT2D eigenvalue weighted by atomic mass is 10.2. The van der Waals surface area contributed by atoms with Crippen LogP contribution in [0.15, 0.2) is 58.7 Å². The largest absolute Gasteiger partial charge is 0.497 e. The lowest BCUT2D eigenvalue weighted by Crippen LogP contribution is -2.30. The van der Waals surface area contributed by atoms with Crippen molar-refractivity contribution in [1.29, 1.82) is 0 Å². The van der Waals surface area contributed by atoms with E-state index in [1.165, 1.54) is 11.9 Å². The maximum Gasteiger partial charge on any atom is 0.257 e. The number of hydrogen-bond acceptors (Lipinski definition) is 7. The van der Waals surface area contributed by atoms with Crippen LogP contribution in [0.25, 0.3) is 0 Å². The average Bonchev–Trinajstić information content (AvgIpc) is 2.63. The van der Waals surface area contributed by atoms with Crippen molar-refractivity contribution in [3.05, 3.63) is 59.0 Å². The predicted molar refractivity (Wildman–Crippen MR) is 96.2 cm³/mol. The first-order chi connectivity index (χ1) is 12.1. The number of methoxy groups -OCH3 is 2. The summed E-state index contributed by atoms with van der Waals surface area (Å²) in [6.07, 6.45) is 0. The molecular formula is C17H19N3O4S. The van der Waals surface area contributed by atoms with Crippen LogP contribution < -0.4 is 14.9 Å². The molecule has 2 rings (SSSR count). The minimum Gasteiger partial charge on any atom is -0.497 e. The van der Waals surface area contributed by atoms with E-state index < -0.39 is 5.91 Å². The smallest absolute Gasteiger partial charge is 0.257 e. The van der Waals surface area contributed by atoms with Crippen molar-refractivity contribution in [2.45, 2.75) is 11.4 Å².